The highest BCUT2D eigenvalue weighted by Gasteiger charge is 2.39. The Morgan fingerprint density at radius 1 is 1.18 bits per heavy atom. The van der Waals surface area contributed by atoms with E-state index >= 15 is 0 Å². The number of furan rings is 1. The van der Waals surface area contributed by atoms with Crippen molar-refractivity contribution in [1.82, 2.24) is 5.32 Å². The van der Waals surface area contributed by atoms with Gasteiger partial charge in [-0.05, 0) is 66.9 Å². The summed E-state index contributed by atoms with van der Waals surface area (Å²) in [5.74, 6) is 0.000395. The number of carbonyl (C=O) groups excluding carboxylic acids is 1. The van der Waals surface area contributed by atoms with E-state index in [0.717, 1.165) is 18.4 Å². The highest BCUT2D eigenvalue weighted by molar-refractivity contribution is 5.80. The first-order valence-electron chi connectivity index (χ1n) is 9.62. The molecule has 1 N–H and O–H groups in total. The zero-order valence-corrected chi connectivity index (χ0v) is 15.4. The Hall–Kier alpha value is -2.50. The lowest BCUT2D eigenvalue weighted by Crippen LogP contribution is -2.26. The summed E-state index contributed by atoms with van der Waals surface area (Å²) in [6.45, 7) is 0.458. The van der Waals surface area contributed by atoms with Gasteiger partial charge in [-0.15, -0.1) is 0 Å². The van der Waals surface area contributed by atoms with Crippen LogP contribution in [0, 0.1) is 11.8 Å². The molecular weight excluding hydrogens is 367 g/mol. The van der Waals surface area contributed by atoms with Gasteiger partial charge in [0.2, 0.25) is 5.91 Å². The van der Waals surface area contributed by atoms with Crippen LogP contribution < -0.4 is 5.32 Å². The second kappa shape index (κ2) is 7.49. The molecule has 1 atom stereocenters. The van der Waals surface area contributed by atoms with Crippen LogP contribution in [0.1, 0.15) is 37.7 Å². The monoisotopic (exact) mass is 389 g/mol. The Bertz CT molecular complexity index is 868. The molecule has 3 aliphatic carbocycles. The van der Waals surface area contributed by atoms with E-state index in [1.165, 1.54) is 18.6 Å². The van der Waals surface area contributed by atoms with Crippen molar-refractivity contribution >= 4 is 11.5 Å². The minimum atomic E-state index is -4.43. The average Bonchev–Trinajstić information content (AvgIpc) is 3.40. The average molecular weight is 389 g/mol. The maximum atomic E-state index is 13.9. The number of hydrogen-bond acceptors (Lipinski definition) is 2. The third-order valence-corrected chi connectivity index (χ3v) is 5.50. The van der Waals surface area contributed by atoms with Crippen LogP contribution in [0.3, 0.4) is 0 Å². The molecule has 1 heterocycles. The third kappa shape index (κ3) is 4.16. The molecule has 0 spiro atoms. The molecule has 28 heavy (non-hydrogen) atoms. The largest absolute Gasteiger partial charge is 0.472 e. The Balaban J connectivity index is 1.54. The van der Waals surface area contributed by atoms with Crippen molar-refractivity contribution in [2.75, 3.05) is 6.54 Å². The summed E-state index contributed by atoms with van der Waals surface area (Å²) >= 11 is 0. The van der Waals surface area contributed by atoms with E-state index < -0.39 is 11.7 Å². The van der Waals surface area contributed by atoms with Gasteiger partial charge in [-0.2, -0.15) is 13.2 Å². The second-order valence-electron chi connectivity index (χ2n) is 7.59. The predicted octanol–water partition coefficient (Wildman–Crippen LogP) is 5.34. The Labute approximate surface area is 161 Å². The first-order valence-corrected chi connectivity index (χ1v) is 9.62. The van der Waals surface area contributed by atoms with Gasteiger partial charge in [0.05, 0.1) is 18.1 Å². The number of amides is 1. The molecular formula is C22H22F3NO2. The van der Waals surface area contributed by atoms with Crippen LogP contribution in [0.5, 0.6) is 0 Å². The molecule has 0 aromatic carbocycles. The van der Waals surface area contributed by atoms with Crippen LogP contribution in [-0.2, 0) is 4.79 Å². The number of alkyl halides is 3. The summed E-state index contributed by atoms with van der Waals surface area (Å²) < 4.78 is 46.6. The summed E-state index contributed by atoms with van der Waals surface area (Å²) in [6.07, 6.45) is 8.79. The van der Waals surface area contributed by atoms with E-state index in [9.17, 15) is 18.0 Å². The minimum Gasteiger partial charge on any atom is -0.472 e. The van der Waals surface area contributed by atoms with Crippen molar-refractivity contribution < 1.29 is 22.4 Å². The third-order valence-electron chi connectivity index (χ3n) is 5.50. The van der Waals surface area contributed by atoms with E-state index in [4.69, 9.17) is 4.42 Å². The molecule has 0 bridgehead atoms. The summed E-state index contributed by atoms with van der Waals surface area (Å²) in [5, 5.41) is 2.88. The van der Waals surface area contributed by atoms with Crippen molar-refractivity contribution in [3.63, 3.8) is 0 Å². The Morgan fingerprint density at radius 3 is 2.64 bits per heavy atom. The van der Waals surface area contributed by atoms with Crippen LogP contribution in [0.4, 0.5) is 13.2 Å². The van der Waals surface area contributed by atoms with Crippen molar-refractivity contribution in [1.29, 1.82) is 0 Å². The van der Waals surface area contributed by atoms with Gasteiger partial charge < -0.3 is 9.73 Å². The fraction of sp³-hybridized carbons (Fsp3) is 0.409. The molecule has 0 aliphatic heterocycles. The van der Waals surface area contributed by atoms with Crippen molar-refractivity contribution in [2.45, 2.75) is 38.3 Å². The van der Waals surface area contributed by atoms with Gasteiger partial charge in [-0.1, -0.05) is 18.2 Å². The van der Waals surface area contributed by atoms with Gasteiger partial charge in [-0.25, -0.2) is 0 Å². The Kier molecular flexibility index (Phi) is 5.04. The Morgan fingerprint density at radius 2 is 1.96 bits per heavy atom. The van der Waals surface area contributed by atoms with E-state index in [1.807, 2.05) is 12.2 Å². The first-order chi connectivity index (χ1) is 13.4. The quantitative estimate of drug-likeness (QED) is 0.738. The molecule has 0 radical (unpaired) electrons. The maximum Gasteiger partial charge on any atom is 0.416 e. The molecule has 4 rings (SSSR count). The molecule has 3 aliphatic rings. The number of hydrogen-bond donors (Lipinski definition) is 1. The summed E-state index contributed by atoms with van der Waals surface area (Å²) in [5.41, 5.74) is 1.79. The van der Waals surface area contributed by atoms with Gasteiger partial charge in [0, 0.05) is 18.0 Å². The molecule has 1 fully saturated rings. The molecule has 148 valence electrons. The number of rotatable bonds is 5. The van der Waals surface area contributed by atoms with Crippen molar-refractivity contribution in [3.05, 3.63) is 65.2 Å². The van der Waals surface area contributed by atoms with Gasteiger partial charge in [0.25, 0.3) is 0 Å². The molecule has 1 saturated carbocycles. The van der Waals surface area contributed by atoms with Crippen LogP contribution in [0.2, 0.25) is 0 Å². The van der Waals surface area contributed by atoms with Gasteiger partial charge >= 0.3 is 6.18 Å². The fourth-order valence-corrected chi connectivity index (χ4v) is 3.75. The normalized spacial score (nSPS) is 22.3. The summed E-state index contributed by atoms with van der Waals surface area (Å²) in [6, 6.07) is 1.67. The second-order valence-corrected chi connectivity index (χ2v) is 7.59. The van der Waals surface area contributed by atoms with Crippen molar-refractivity contribution in [3.8, 4) is 0 Å². The van der Waals surface area contributed by atoms with E-state index in [2.05, 4.69) is 5.32 Å². The predicted molar refractivity (Wildman–Crippen MR) is 100 cm³/mol. The van der Waals surface area contributed by atoms with Gasteiger partial charge in [0.15, 0.2) is 0 Å². The number of halogens is 3. The van der Waals surface area contributed by atoms with Crippen LogP contribution in [0.15, 0.2) is 64.0 Å². The number of nitrogens with one attached hydrogen (secondary N) is 1. The van der Waals surface area contributed by atoms with Crippen LogP contribution in [0.25, 0.3) is 5.57 Å². The van der Waals surface area contributed by atoms with Crippen LogP contribution >= 0.6 is 0 Å². The zero-order chi connectivity index (χ0) is 19.7. The molecule has 6 heteroatoms. The van der Waals surface area contributed by atoms with E-state index in [-0.39, 0.29) is 17.7 Å². The zero-order valence-electron chi connectivity index (χ0n) is 15.4. The highest BCUT2D eigenvalue weighted by Crippen LogP contribution is 2.44. The molecule has 3 nitrogen and oxygen atoms in total. The minimum absolute atomic E-state index is 0.0567. The summed E-state index contributed by atoms with van der Waals surface area (Å²) in [7, 11) is 0. The number of fused-ring (bicyclic) bond motifs is 1. The fourth-order valence-electron chi connectivity index (χ4n) is 3.75. The summed E-state index contributed by atoms with van der Waals surface area (Å²) in [4.78, 5) is 11.7. The molecule has 1 amide bonds. The lowest BCUT2D eigenvalue weighted by atomic mass is 9.82. The molecule has 1 aromatic rings. The standard InChI is InChI=1S/C22H22F3NO2/c23-22(24,25)20-12-17(18-8-10-28-13-18)6-3-15-2-1-14(11-19(15)20)7-9-26-21(27)16-4-5-16/h1,6,8,10-13,15-16H,2-5,7,9H2,(H,26,27). The molecule has 1 unspecified atom stereocenters. The van der Waals surface area contributed by atoms with Crippen LogP contribution in [-0.4, -0.2) is 18.6 Å². The maximum absolute atomic E-state index is 13.9. The highest BCUT2D eigenvalue weighted by atomic mass is 19.4. The van der Waals surface area contributed by atoms with Gasteiger partial charge in [-0.3, -0.25) is 4.79 Å². The van der Waals surface area contributed by atoms with E-state index in [0.29, 0.717) is 42.5 Å². The topological polar surface area (TPSA) is 42.2 Å². The van der Waals surface area contributed by atoms with Crippen molar-refractivity contribution in [2.24, 2.45) is 11.8 Å². The van der Waals surface area contributed by atoms with Gasteiger partial charge in [0.1, 0.15) is 0 Å². The first kappa shape index (κ1) is 18.8. The number of carbonyl (C=O) groups is 1. The lowest BCUT2D eigenvalue weighted by molar-refractivity contribution is -0.122. The van der Waals surface area contributed by atoms with E-state index in [1.54, 1.807) is 12.1 Å². The number of allylic oxidation sites excluding steroid dienone is 7. The molecule has 0 saturated heterocycles. The molecule has 1 aromatic heterocycles. The SMILES string of the molecule is O=C(NCCC1=CCC2CC=C(c3ccoc3)C=C(C(F)(F)F)C2=C1)C1CC1. The smallest absolute Gasteiger partial charge is 0.416 e. The lowest BCUT2D eigenvalue weighted by Gasteiger charge is -2.25.